The van der Waals surface area contributed by atoms with E-state index in [1.165, 1.54) is 0 Å². The van der Waals surface area contributed by atoms with Gasteiger partial charge in [-0.15, -0.1) is 0 Å². The average Bonchev–Trinajstić information content (AvgIpc) is 2.67. The van der Waals surface area contributed by atoms with E-state index in [1.807, 2.05) is 25.1 Å². The first-order chi connectivity index (χ1) is 13.5. The Morgan fingerprint density at radius 1 is 1.39 bits per heavy atom. The van der Waals surface area contributed by atoms with Crippen molar-refractivity contribution in [3.05, 3.63) is 29.8 Å². The maximum absolute atomic E-state index is 12.9. The van der Waals surface area contributed by atoms with Crippen molar-refractivity contribution in [1.29, 1.82) is 0 Å². The molecule has 1 aliphatic heterocycles. The molecule has 152 valence electrons. The molecular formula is C22H30N2O4. The summed E-state index contributed by atoms with van der Waals surface area (Å²) in [6.07, 6.45) is 4.19. The highest BCUT2D eigenvalue weighted by Gasteiger charge is 2.61. The topological polar surface area (TPSA) is 76.7 Å². The van der Waals surface area contributed by atoms with Crippen molar-refractivity contribution in [2.75, 3.05) is 19.8 Å². The lowest BCUT2D eigenvalue weighted by molar-refractivity contribution is -0.167. The molecule has 2 N–H and O–H groups in total. The molecule has 4 atom stereocenters. The van der Waals surface area contributed by atoms with Gasteiger partial charge in [-0.1, -0.05) is 19.1 Å². The molecule has 4 aliphatic rings. The van der Waals surface area contributed by atoms with Crippen LogP contribution >= 0.6 is 0 Å². The van der Waals surface area contributed by atoms with E-state index < -0.39 is 5.72 Å². The molecule has 6 heteroatoms. The highest BCUT2D eigenvalue weighted by molar-refractivity contribution is 5.98. The summed E-state index contributed by atoms with van der Waals surface area (Å²) in [7, 11) is 0. The number of hydrogen-bond acceptors (Lipinski definition) is 4. The average molecular weight is 386 g/mol. The van der Waals surface area contributed by atoms with Gasteiger partial charge in [-0.05, 0) is 50.2 Å². The maximum atomic E-state index is 12.9. The molecule has 28 heavy (non-hydrogen) atoms. The van der Waals surface area contributed by atoms with Gasteiger partial charge in [0.05, 0.1) is 5.56 Å². The quantitative estimate of drug-likeness (QED) is 0.737. The summed E-state index contributed by atoms with van der Waals surface area (Å²) in [6, 6.07) is 7.40. The Hall–Kier alpha value is -2.08. The van der Waals surface area contributed by atoms with Crippen LogP contribution in [0.5, 0.6) is 5.75 Å². The van der Waals surface area contributed by atoms with Crippen LogP contribution in [0, 0.1) is 17.3 Å². The van der Waals surface area contributed by atoms with Gasteiger partial charge in [-0.25, -0.2) is 0 Å². The third kappa shape index (κ3) is 3.28. The molecule has 1 aromatic carbocycles. The minimum Gasteiger partial charge on any atom is -0.467 e. The number of ether oxygens (including phenoxy) is 2. The number of hydrogen-bond donors (Lipinski definition) is 2. The predicted octanol–water partition coefficient (Wildman–Crippen LogP) is 2.87. The van der Waals surface area contributed by atoms with Crippen LogP contribution in [0.15, 0.2) is 24.3 Å². The van der Waals surface area contributed by atoms with Gasteiger partial charge in [0.2, 0.25) is 5.91 Å². The number of para-hydroxylation sites is 1. The van der Waals surface area contributed by atoms with Crippen LogP contribution in [-0.4, -0.2) is 37.3 Å². The van der Waals surface area contributed by atoms with E-state index in [4.69, 9.17) is 9.47 Å². The molecule has 0 aromatic heterocycles. The molecular weight excluding hydrogens is 356 g/mol. The zero-order valence-electron chi connectivity index (χ0n) is 16.8. The van der Waals surface area contributed by atoms with E-state index >= 15 is 0 Å². The Morgan fingerprint density at radius 2 is 2.21 bits per heavy atom. The SMILES string of the molecule is CCOCCCNC(=O)[C@@H]1C[C@@H]2CC[C@]1(C)C[C@@]21NC(=O)c2ccccc2O1. The van der Waals surface area contributed by atoms with Gasteiger partial charge >= 0.3 is 0 Å². The van der Waals surface area contributed by atoms with Crippen LogP contribution in [0.25, 0.3) is 0 Å². The van der Waals surface area contributed by atoms with Crippen molar-refractivity contribution >= 4 is 11.8 Å². The Bertz CT molecular complexity index is 767. The highest BCUT2D eigenvalue weighted by Crippen LogP contribution is 2.58. The molecule has 5 rings (SSSR count). The minimum absolute atomic E-state index is 0.0401. The first-order valence-electron chi connectivity index (χ1n) is 10.4. The zero-order valence-corrected chi connectivity index (χ0v) is 16.8. The van der Waals surface area contributed by atoms with Gasteiger partial charge in [0.15, 0.2) is 5.72 Å². The van der Waals surface area contributed by atoms with Gasteiger partial charge < -0.3 is 20.1 Å². The normalized spacial score (nSPS) is 33.1. The predicted molar refractivity (Wildman–Crippen MR) is 105 cm³/mol. The van der Waals surface area contributed by atoms with E-state index in [9.17, 15) is 9.59 Å². The first-order valence-corrected chi connectivity index (χ1v) is 10.4. The second-order valence-corrected chi connectivity index (χ2v) is 8.64. The summed E-state index contributed by atoms with van der Waals surface area (Å²) < 4.78 is 11.7. The van der Waals surface area contributed by atoms with Gasteiger partial charge in [0, 0.05) is 38.0 Å². The highest BCUT2D eigenvalue weighted by atomic mass is 16.5. The summed E-state index contributed by atoms with van der Waals surface area (Å²) >= 11 is 0. The van der Waals surface area contributed by atoms with Crippen molar-refractivity contribution < 1.29 is 19.1 Å². The molecule has 1 aromatic rings. The van der Waals surface area contributed by atoms with E-state index in [2.05, 4.69) is 17.6 Å². The number of carbonyl (C=O) groups excluding carboxylic acids is 2. The first kappa shape index (κ1) is 19.2. The van der Waals surface area contributed by atoms with Gasteiger partial charge in [0.1, 0.15) is 5.75 Å². The lowest BCUT2D eigenvalue weighted by atomic mass is 9.52. The van der Waals surface area contributed by atoms with E-state index in [0.717, 1.165) is 25.7 Å². The summed E-state index contributed by atoms with van der Waals surface area (Å²) in [5, 5.41) is 6.25. The number of rotatable bonds is 6. The summed E-state index contributed by atoms with van der Waals surface area (Å²) in [6.45, 7) is 6.15. The maximum Gasteiger partial charge on any atom is 0.258 e. The monoisotopic (exact) mass is 386 g/mol. The fraction of sp³-hybridized carbons (Fsp3) is 0.636. The van der Waals surface area contributed by atoms with E-state index in [1.54, 1.807) is 6.07 Å². The Morgan fingerprint density at radius 3 is 3.00 bits per heavy atom. The number of benzene rings is 1. The van der Waals surface area contributed by atoms with Crippen LogP contribution in [0.4, 0.5) is 0 Å². The van der Waals surface area contributed by atoms with Crippen LogP contribution in [0.2, 0.25) is 0 Å². The van der Waals surface area contributed by atoms with Crippen molar-refractivity contribution in [2.45, 2.75) is 51.7 Å². The zero-order chi connectivity index (χ0) is 19.8. The van der Waals surface area contributed by atoms with Crippen LogP contribution < -0.4 is 15.4 Å². The number of carbonyl (C=O) groups is 2. The van der Waals surface area contributed by atoms with Gasteiger partial charge in [-0.3, -0.25) is 9.59 Å². The molecule has 3 fully saturated rings. The molecule has 2 amide bonds. The fourth-order valence-corrected chi connectivity index (χ4v) is 5.31. The van der Waals surface area contributed by atoms with Crippen molar-refractivity contribution in [1.82, 2.24) is 10.6 Å². The molecule has 0 saturated heterocycles. The van der Waals surface area contributed by atoms with Crippen LogP contribution in [-0.2, 0) is 9.53 Å². The Labute approximate surface area is 166 Å². The summed E-state index contributed by atoms with van der Waals surface area (Å²) in [4.78, 5) is 25.6. The Kier molecular flexibility index (Phi) is 5.08. The van der Waals surface area contributed by atoms with E-state index in [0.29, 0.717) is 37.5 Å². The largest absolute Gasteiger partial charge is 0.467 e. The Balaban J connectivity index is 1.46. The molecule has 6 nitrogen and oxygen atoms in total. The standard InChI is InChI=1S/C22H30N2O4/c1-3-27-12-6-11-23-20(26)17-13-15-9-10-21(17,2)14-22(15)24-19(25)16-7-4-5-8-18(16)28-22/h4-5,7-8,15,17H,3,6,9-14H2,1-2H3,(H,23,26)(H,24,25)/t15-,17-,21+,22-/m0/s1. The molecule has 1 heterocycles. The van der Waals surface area contributed by atoms with Gasteiger partial charge in [0.25, 0.3) is 5.91 Å². The smallest absolute Gasteiger partial charge is 0.258 e. The third-order valence-corrected chi connectivity index (χ3v) is 6.79. The van der Waals surface area contributed by atoms with E-state index in [-0.39, 0.29) is 29.1 Å². The summed E-state index contributed by atoms with van der Waals surface area (Å²) in [5.74, 6) is 0.808. The van der Waals surface area contributed by atoms with Crippen molar-refractivity contribution in [3.63, 3.8) is 0 Å². The van der Waals surface area contributed by atoms with Crippen molar-refractivity contribution in [2.24, 2.45) is 17.3 Å². The minimum atomic E-state index is -0.690. The van der Waals surface area contributed by atoms with Crippen molar-refractivity contribution in [3.8, 4) is 5.75 Å². The second-order valence-electron chi connectivity index (χ2n) is 8.64. The lowest BCUT2D eigenvalue weighted by Crippen LogP contribution is -2.69. The number of fused-ring (bicyclic) bond motifs is 3. The molecule has 0 radical (unpaired) electrons. The van der Waals surface area contributed by atoms with Crippen LogP contribution in [0.1, 0.15) is 56.3 Å². The number of nitrogens with one attached hydrogen (secondary N) is 2. The van der Waals surface area contributed by atoms with Gasteiger partial charge in [-0.2, -0.15) is 0 Å². The second kappa shape index (κ2) is 7.39. The molecule has 1 spiro atoms. The molecule has 0 unspecified atom stereocenters. The van der Waals surface area contributed by atoms with Crippen LogP contribution in [0.3, 0.4) is 0 Å². The molecule has 3 saturated carbocycles. The summed E-state index contributed by atoms with van der Waals surface area (Å²) in [5.41, 5.74) is -0.286. The number of amides is 2. The molecule has 2 bridgehead atoms. The fourth-order valence-electron chi connectivity index (χ4n) is 5.31. The molecule has 3 aliphatic carbocycles. The third-order valence-electron chi connectivity index (χ3n) is 6.79. The lowest BCUT2D eigenvalue weighted by Gasteiger charge is -2.59.